The first-order valence-electron chi connectivity index (χ1n) is 8.62. The van der Waals surface area contributed by atoms with Crippen molar-refractivity contribution >= 4 is 28.6 Å². The Morgan fingerprint density at radius 3 is 2.80 bits per heavy atom. The number of aromatic amines is 1. The molecule has 0 radical (unpaired) electrons. The fraction of sp³-hybridized carbons (Fsp3) is 0.100. The van der Waals surface area contributed by atoms with E-state index in [0.29, 0.717) is 10.9 Å². The monoisotopic (exact) mass is 429 g/mol. The van der Waals surface area contributed by atoms with Crippen molar-refractivity contribution in [2.24, 2.45) is 0 Å². The molecule has 2 heterocycles. The highest BCUT2D eigenvalue weighted by molar-refractivity contribution is 7.98. The van der Waals surface area contributed by atoms with Crippen molar-refractivity contribution < 1.29 is 22.8 Å². The molecule has 2 aromatic heterocycles. The highest BCUT2D eigenvalue weighted by Crippen LogP contribution is 2.27. The van der Waals surface area contributed by atoms with Gasteiger partial charge in [0.1, 0.15) is 17.2 Å². The first-order valence-corrected chi connectivity index (χ1v) is 9.60. The number of benzene rings is 2. The molecule has 0 saturated carbocycles. The third kappa shape index (κ3) is 3.69. The predicted octanol–water partition coefficient (Wildman–Crippen LogP) is 3.94. The first kappa shape index (κ1) is 19.8. The Morgan fingerprint density at radius 1 is 1.23 bits per heavy atom. The van der Waals surface area contributed by atoms with E-state index in [9.17, 15) is 18.4 Å². The number of fused-ring (bicyclic) bond motifs is 1. The minimum Gasteiger partial charge on any atom is -0.465 e. The summed E-state index contributed by atoms with van der Waals surface area (Å²) in [5, 5.41) is 4.41. The summed E-state index contributed by atoms with van der Waals surface area (Å²) in [6.07, 6.45) is 0. The smallest absolute Gasteiger partial charge is 0.344 e. The lowest BCUT2D eigenvalue weighted by Gasteiger charge is -2.08. The normalized spacial score (nSPS) is 11.0. The molecule has 4 aromatic rings. The summed E-state index contributed by atoms with van der Waals surface area (Å²) in [5.74, 6) is -2.12. The van der Waals surface area contributed by atoms with Gasteiger partial charge in [-0.15, -0.1) is 0 Å². The van der Waals surface area contributed by atoms with Crippen molar-refractivity contribution in [3.05, 3.63) is 75.7 Å². The number of thioether (sulfide) groups is 1. The summed E-state index contributed by atoms with van der Waals surface area (Å²) >= 11 is 1.09. The zero-order valence-electron chi connectivity index (χ0n) is 15.4. The van der Waals surface area contributed by atoms with Crippen LogP contribution >= 0.6 is 11.8 Å². The van der Waals surface area contributed by atoms with Crippen LogP contribution in [0.2, 0.25) is 0 Å². The predicted molar refractivity (Wildman–Crippen MR) is 105 cm³/mol. The number of nitrogens with one attached hydrogen (secondary N) is 1. The van der Waals surface area contributed by atoms with Gasteiger partial charge in [0, 0.05) is 11.5 Å². The number of H-pyrrole nitrogens is 1. The number of nitrogens with zero attached hydrogens (tertiary/aromatic N) is 2. The Labute approximate surface area is 172 Å². The third-order valence-corrected chi connectivity index (χ3v) is 5.24. The molecule has 0 fully saturated rings. The molecule has 0 spiro atoms. The van der Waals surface area contributed by atoms with Crippen LogP contribution in [0.1, 0.15) is 16.2 Å². The summed E-state index contributed by atoms with van der Waals surface area (Å²) in [4.78, 5) is 32.1. The van der Waals surface area contributed by atoms with E-state index < -0.39 is 23.0 Å². The Morgan fingerprint density at radius 2 is 2.03 bits per heavy atom. The van der Waals surface area contributed by atoms with Gasteiger partial charge < -0.3 is 14.2 Å². The SMILES string of the molecule is COC(=O)c1c(SCc2noc(-c3ccc(F)cc3F)n2)[nH]c2ccccc2c1=O. The number of aromatic nitrogens is 3. The lowest BCUT2D eigenvalue weighted by molar-refractivity contribution is 0.0594. The average Bonchev–Trinajstić information content (AvgIpc) is 3.20. The molecule has 0 bridgehead atoms. The number of hydrogen-bond acceptors (Lipinski definition) is 7. The van der Waals surface area contributed by atoms with Crippen LogP contribution in [-0.4, -0.2) is 28.2 Å². The van der Waals surface area contributed by atoms with Crippen LogP contribution in [0.3, 0.4) is 0 Å². The molecular weight excluding hydrogens is 416 g/mol. The molecular formula is C20H13F2N3O4S. The van der Waals surface area contributed by atoms with Crippen molar-refractivity contribution in [1.82, 2.24) is 15.1 Å². The maximum Gasteiger partial charge on any atom is 0.344 e. The van der Waals surface area contributed by atoms with Gasteiger partial charge in [0.05, 0.1) is 29.0 Å². The number of carbonyl (C=O) groups is 1. The van der Waals surface area contributed by atoms with Gasteiger partial charge in [0.25, 0.3) is 5.89 Å². The molecule has 30 heavy (non-hydrogen) atoms. The topological polar surface area (TPSA) is 98.1 Å². The molecule has 0 saturated heterocycles. The number of hydrogen-bond donors (Lipinski definition) is 1. The van der Waals surface area contributed by atoms with Gasteiger partial charge in [-0.1, -0.05) is 29.1 Å². The van der Waals surface area contributed by atoms with E-state index >= 15 is 0 Å². The highest BCUT2D eigenvalue weighted by Gasteiger charge is 2.21. The summed E-state index contributed by atoms with van der Waals surface area (Å²) in [7, 11) is 1.19. The fourth-order valence-electron chi connectivity index (χ4n) is 2.83. The Bertz CT molecular complexity index is 1320. The number of para-hydroxylation sites is 1. The van der Waals surface area contributed by atoms with Gasteiger partial charge in [-0.05, 0) is 24.3 Å². The number of carbonyl (C=O) groups excluding carboxylic acids is 1. The maximum atomic E-state index is 13.9. The molecule has 0 amide bonds. The number of halogens is 2. The summed E-state index contributed by atoms with van der Waals surface area (Å²) in [5.41, 5.74) is -0.0651. The lowest BCUT2D eigenvalue weighted by Crippen LogP contribution is -2.19. The van der Waals surface area contributed by atoms with E-state index in [4.69, 9.17) is 9.26 Å². The van der Waals surface area contributed by atoms with Gasteiger partial charge in [0.15, 0.2) is 5.82 Å². The number of pyridine rings is 1. The maximum absolute atomic E-state index is 13.9. The van der Waals surface area contributed by atoms with Crippen LogP contribution in [0.5, 0.6) is 0 Å². The van der Waals surface area contributed by atoms with E-state index in [1.165, 1.54) is 13.2 Å². The van der Waals surface area contributed by atoms with E-state index in [1.807, 2.05) is 0 Å². The van der Waals surface area contributed by atoms with E-state index in [2.05, 4.69) is 15.1 Å². The molecule has 0 unspecified atom stereocenters. The van der Waals surface area contributed by atoms with Gasteiger partial charge in [-0.25, -0.2) is 13.6 Å². The highest BCUT2D eigenvalue weighted by atomic mass is 32.2. The molecule has 7 nitrogen and oxygen atoms in total. The van der Waals surface area contributed by atoms with Gasteiger partial charge in [0.2, 0.25) is 5.43 Å². The molecule has 0 atom stereocenters. The third-order valence-electron chi connectivity index (χ3n) is 4.24. The Kier molecular flexibility index (Phi) is 5.32. The van der Waals surface area contributed by atoms with E-state index in [1.54, 1.807) is 24.3 Å². The van der Waals surface area contributed by atoms with Crippen molar-refractivity contribution in [3.63, 3.8) is 0 Å². The second-order valence-corrected chi connectivity index (χ2v) is 7.11. The molecule has 1 N–H and O–H groups in total. The van der Waals surface area contributed by atoms with Crippen molar-refractivity contribution in [1.29, 1.82) is 0 Å². The largest absolute Gasteiger partial charge is 0.465 e. The minimum atomic E-state index is -0.829. The second kappa shape index (κ2) is 8.07. The zero-order valence-corrected chi connectivity index (χ0v) is 16.3. The Balaban J connectivity index is 1.65. The molecule has 10 heteroatoms. The minimum absolute atomic E-state index is 0.0329. The fourth-order valence-corrected chi connectivity index (χ4v) is 3.72. The Hall–Kier alpha value is -3.53. The van der Waals surface area contributed by atoms with Crippen molar-refractivity contribution in [2.45, 2.75) is 10.8 Å². The van der Waals surface area contributed by atoms with Gasteiger partial charge in [-0.3, -0.25) is 4.79 Å². The summed E-state index contributed by atoms with van der Waals surface area (Å²) in [6.45, 7) is 0. The standard InChI is InChI=1S/C20H13F2N3O4S/c1-28-20(27)16-17(26)12-4-2-3-5-14(12)23-19(16)30-9-15-24-18(29-25-15)11-7-6-10(21)8-13(11)22/h2-8H,9H2,1H3,(H,23,26). The number of esters is 1. The second-order valence-electron chi connectivity index (χ2n) is 6.12. The van der Waals surface area contributed by atoms with E-state index in [-0.39, 0.29) is 33.6 Å². The van der Waals surface area contributed by atoms with Crippen LogP contribution in [0, 0.1) is 11.6 Å². The van der Waals surface area contributed by atoms with Crippen LogP contribution in [0.25, 0.3) is 22.4 Å². The molecule has 0 aliphatic rings. The van der Waals surface area contributed by atoms with Crippen LogP contribution in [-0.2, 0) is 10.5 Å². The van der Waals surface area contributed by atoms with Gasteiger partial charge in [-0.2, -0.15) is 4.98 Å². The molecule has 0 aliphatic heterocycles. The van der Waals surface area contributed by atoms with Crippen molar-refractivity contribution in [3.8, 4) is 11.5 Å². The molecule has 152 valence electrons. The summed E-state index contributed by atoms with van der Waals surface area (Å²) in [6, 6.07) is 9.78. The van der Waals surface area contributed by atoms with Gasteiger partial charge >= 0.3 is 5.97 Å². The number of rotatable bonds is 5. The quantitative estimate of drug-likeness (QED) is 0.379. The van der Waals surface area contributed by atoms with E-state index in [0.717, 1.165) is 23.9 Å². The molecule has 4 rings (SSSR count). The lowest BCUT2D eigenvalue weighted by atomic mass is 10.1. The van der Waals surface area contributed by atoms with Crippen LogP contribution in [0.4, 0.5) is 8.78 Å². The average molecular weight is 429 g/mol. The van der Waals surface area contributed by atoms with Crippen LogP contribution in [0.15, 0.2) is 56.8 Å². The molecule has 0 aliphatic carbocycles. The number of ether oxygens (including phenoxy) is 1. The van der Waals surface area contributed by atoms with Crippen molar-refractivity contribution in [2.75, 3.05) is 7.11 Å². The zero-order chi connectivity index (χ0) is 21.3. The first-order chi connectivity index (χ1) is 14.5. The molecule has 2 aromatic carbocycles. The number of methoxy groups -OCH3 is 1. The summed E-state index contributed by atoms with van der Waals surface area (Å²) < 4.78 is 36.8. The van der Waals surface area contributed by atoms with Crippen LogP contribution < -0.4 is 5.43 Å².